The van der Waals surface area contributed by atoms with Crippen molar-refractivity contribution in [2.24, 2.45) is 4.99 Å². The molecule has 0 radical (unpaired) electrons. The van der Waals surface area contributed by atoms with E-state index < -0.39 is 0 Å². The summed E-state index contributed by atoms with van der Waals surface area (Å²) in [6.07, 6.45) is 0. The molecule has 0 unspecified atom stereocenters. The number of para-hydroxylation sites is 1. The molecule has 0 atom stereocenters. The lowest BCUT2D eigenvalue weighted by atomic mass is 10.1. The number of carbonyl (C=O) groups is 1. The Morgan fingerprint density at radius 3 is 2.65 bits per heavy atom. The second kappa shape index (κ2) is 5.33. The third kappa shape index (κ3) is 2.49. The molecule has 0 fully saturated rings. The van der Waals surface area contributed by atoms with Crippen molar-refractivity contribution in [1.82, 2.24) is 10.2 Å². The molecule has 7 heteroatoms. The number of benzene rings is 2. The van der Waals surface area contributed by atoms with Gasteiger partial charge in [0.15, 0.2) is 0 Å². The number of hydrogen-bond donors (Lipinski definition) is 1. The van der Waals surface area contributed by atoms with Crippen LogP contribution in [0.25, 0.3) is 11.5 Å². The third-order valence-corrected chi connectivity index (χ3v) is 3.61. The van der Waals surface area contributed by atoms with Crippen molar-refractivity contribution in [2.75, 3.05) is 5.32 Å². The molecule has 1 N–H and O–H groups in total. The normalized spacial score (nSPS) is 14.8. The van der Waals surface area contributed by atoms with E-state index in [2.05, 4.69) is 20.5 Å². The lowest BCUT2D eigenvalue weighted by Gasteiger charge is -1.95. The maximum Gasteiger partial charge on any atom is 0.343 e. The van der Waals surface area contributed by atoms with Crippen LogP contribution in [0.1, 0.15) is 5.56 Å². The summed E-state index contributed by atoms with van der Waals surface area (Å²) in [6.45, 7) is 0. The molecule has 1 aliphatic heterocycles. The number of amides is 1. The third-order valence-electron chi connectivity index (χ3n) is 3.36. The first-order valence-electron chi connectivity index (χ1n) is 6.79. The molecule has 4 rings (SSSR count). The summed E-state index contributed by atoms with van der Waals surface area (Å²) in [4.78, 5) is 16.2. The predicted octanol–water partition coefficient (Wildman–Crippen LogP) is 3.46. The average molecular weight is 325 g/mol. The van der Waals surface area contributed by atoms with E-state index in [0.29, 0.717) is 22.2 Å². The highest BCUT2D eigenvalue weighted by molar-refractivity contribution is 6.54. The Hall–Kier alpha value is -2.99. The highest BCUT2D eigenvalue weighted by Gasteiger charge is 2.26. The van der Waals surface area contributed by atoms with Gasteiger partial charge in [-0.05, 0) is 30.3 Å². The molecule has 3 aromatic rings. The molecule has 0 aliphatic carbocycles. The number of fused-ring (bicyclic) bond motifs is 1. The van der Waals surface area contributed by atoms with Gasteiger partial charge < -0.3 is 9.73 Å². The fourth-order valence-electron chi connectivity index (χ4n) is 2.28. The van der Waals surface area contributed by atoms with E-state index in [-0.39, 0.29) is 17.6 Å². The lowest BCUT2D eigenvalue weighted by Crippen LogP contribution is -2.13. The van der Waals surface area contributed by atoms with Gasteiger partial charge >= 0.3 is 6.01 Å². The summed E-state index contributed by atoms with van der Waals surface area (Å²) in [5, 5.41) is 11.2. The van der Waals surface area contributed by atoms with Crippen LogP contribution in [0.3, 0.4) is 0 Å². The Kier molecular flexibility index (Phi) is 3.17. The number of anilines is 1. The fourth-order valence-corrected chi connectivity index (χ4v) is 2.40. The molecule has 0 saturated carbocycles. The molecule has 6 nitrogen and oxygen atoms in total. The van der Waals surface area contributed by atoms with Gasteiger partial charge in [-0.2, -0.15) is 4.99 Å². The van der Waals surface area contributed by atoms with Crippen LogP contribution in [0.4, 0.5) is 11.7 Å². The number of hydrogen-bond acceptors (Lipinski definition) is 5. The van der Waals surface area contributed by atoms with Crippen molar-refractivity contribution in [1.29, 1.82) is 0 Å². The number of halogens is 1. The van der Waals surface area contributed by atoms with E-state index in [4.69, 9.17) is 16.0 Å². The van der Waals surface area contributed by atoms with Gasteiger partial charge in [-0.3, -0.25) is 4.79 Å². The number of carbonyl (C=O) groups excluding carboxylic acids is 1. The van der Waals surface area contributed by atoms with Crippen LogP contribution in [-0.2, 0) is 4.79 Å². The number of rotatable bonds is 2. The molecule has 0 spiro atoms. The van der Waals surface area contributed by atoms with Crippen molar-refractivity contribution in [3.8, 4) is 11.5 Å². The largest absolute Gasteiger partial charge is 0.402 e. The van der Waals surface area contributed by atoms with Crippen LogP contribution in [0, 0.1) is 0 Å². The van der Waals surface area contributed by atoms with Crippen molar-refractivity contribution in [3.05, 3.63) is 59.1 Å². The van der Waals surface area contributed by atoms with Gasteiger partial charge in [-0.25, -0.2) is 0 Å². The SMILES string of the molecule is O=C1Nc2ccccc2/C1=N\c1nnc(-c2ccc(Cl)cc2)o1. The minimum absolute atomic E-state index is 0.0248. The summed E-state index contributed by atoms with van der Waals surface area (Å²) < 4.78 is 5.50. The van der Waals surface area contributed by atoms with Crippen LogP contribution in [0.5, 0.6) is 0 Å². The van der Waals surface area contributed by atoms with Gasteiger partial charge in [0.05, 0.1) is 5.69 Å². The van der Waals surface area contributed by atoms with E-state index >= 15 is 0 Å². The first-order chi connectivity index (χ1) is 11.2. The smallest absolute Gasteiger partial charge is 0.343 e. The number of nitrogens with zero attached hydrogens (tertiary/aromatic N) is 3. The second-order valence-corrected chi connectivity index (χ2v) is 5.29. The van der Waals surface area contributed by atoms with Crippen molar-refractivity contribution >= 4 is 34.9 Å². The molecule has 1 aromatic heterocycles. The number of aromatic nitrogens is 2. The summed E-state index contributed by atoms with van der Waals surface area (Å²) >= 11 is 5.85. The molecular weight excluding hydrogens is 316 g/mol. The molecule has 112 valence electrons. The van der Waals surface area contributed by atoms with E-state index in [1.807, 2.05) is 24.3 Å². The van der Waals surface area contributed by atoms with Gasteiger partial charge in [-0.15, -0.1) is 5.10 Å². The minimum atomic E-state index is -0.294. The standard InChI is InChI=1S/C16H9ClN4O2/c17-10-7-5-9(6-8-10)15-20-21-16(23-15)19-13-11-3-1-2-4-12(11)18-14(13)22/h1-8H,(H,18,19,21,22). The van der Waals surface area contributed by atoms with Crippen LogP contribution in [-0.4, -0.2) is 21.8 Å². The predicted molar refractivity (Wildman–Crippen MR) is 86.0 cm³/mol. The van der Waals surface area contributed by atoms with Crippen molar-refractivity contribution in [2.45, 2.75) is 0 Å². The number of aliphatic imine (C=N–C) groups is 1. The van der Waals surface area contributed by atoms with Gasteiger partial charge in [0.25, 0.3) is 5.91 Å². The van der Waals surface area contributed by atoms with Crippen LogP contribution in [0.15, 0.2) is 57.9 Å². The monoisotopic (exact) mass is 324 g/mol. The minimum Gasteiger partial charge on any atom is -0.402 e. The quantitative estimate of drug-likeness (QED) is 0.782. The molecule has 23 heavy (non-hydrogen) atoms. The summed E-state index contributed by atoms with van der Waals surface area (Å²) in [5.41, 5.74) is 2.41. The summed E-state index contributed by atoms with van der Waals surface area (Å²) in [5.74, 6) is 0.0187. The summed E-state index contributed by atoms with van der Waals surface area (Å²) in [6, 6.07) is 14.3. The van der Waals surface area contributed by atoms with Gasteiger partial charge in [-0.1, -0.05) is 34.9 Å². The van der Waals surface area contributed by atoms with Gasteiger partial charge in [0, 0.05) is 16.1 Å². The van der Waals surface area contributed by atoms with Crippen molar-refractivity contribution in [3.63, 3.8) is 0 Å². The second-order valence-electron chi connectivity index (χ2n) is 4.86. The Bertz CT molecular complexity index is 931. The van der Waals surface area contributed by atoms with E-state index in [9.17, 15) is 4.79 Å². The molecule has 2 heterocycles. The van der Waals surface area contributed by atoms with E-state index in [1.54, 1.807) is 24.3 Å². The topological polar surface area (TPSA) is 80.4 Å². The average Bonchev–Trinajstić information content (AvgIpc) is 3.14. The number of nitrogens with one attached hydrogen (secondary N) is 1. The zero-order valence-electron chi connectivity index (χ0n) is 11.7. The zero-order valence-corrected chi connectivity index (χ0v) is 12.4. The molecular formula is C16H9ClN4O2. The molecule has 0 bridgehead atoms. The first kappa shape index (κ1) is 13.7. The first-order valence-corrected chi connectivity index (χ1v) is 7.17. The maximum atomic E-state index is 12.0. The highest BCUT2D eigenvalue weighted by atomic mass is 35.5. The van der Waals surface area contributed by atoms with Crippen LogP contribution in [0.2, 0.25) is 5.02 Å². The lowest BCUT2D eigenvalue weighted by molar-refractivity contribution is -0.110. The van der Waals surface area contributed by atoms with E-state index in [1.165, 1.54) is 0 Å². The molecule has 1 amide bonds. The van der Waals surface area contributed by atoms with Crippen LogP contribution >= 0.6 is 11.6 Å². The van der Waals surface area contributed by atoms with Crippen molar-refractivity contribution < 1.29 is 9.21 Å². The Morgan fingerprint density at radius 2 is 1.83 bits per heavy atom. The molecule has 1 aliphatic rings. The maximum absolute atomic E-state index is 12.0. The van der Waals surface area contributed by atoms with Gasteiger partial charge in [0.2, 0.25) is 5.89 Å². The highest BCUT2D eigenvalue weighted by Crippen LogP contribution is 2.27. The molecule has 0 saturated heterocycles. The zero-order chi connectivity index (χ0) is 15.8. The Balaban J connectivity index is 1.70. The fraction of sp³-hybridized carbons (Fsp3) is 0. The summed E-state index contributed by atoms with van der Waals surface area (Å²) in [7, 11) is 0. The van der Waals surface area contributed by atoms with Crippen LogP contribution < -0.4 is 5.32 Å². The Labute approximate surface area is 135 Å². The molecule has 2 aromatic carbocycles. The van der Waals surface area contributed by atoms with E-state index in [0.717, 1.165) is 5.56 Å². The Morgan fingerprint density at radius 1 is 1.04 bits per heavy atom. The van der Waals surface area contributed by atoms with Gasteiger partial charge in [0.1, 0.15) is 5.71 Å².